The molecule has 1 aromatic carbocycles. The van der Waals surface area contributed by atoms with E-state index in [-0.39, 0.29) is 5.97 Å². The highest BCUT2D eigenvalue weighted by atomic mass is 16.7. The van der Waals surface area contributed by atoms with Crippen molar-refractivity contribution in [3.8, 4) is 0 Å². The fraction of sp³-hybridized carbons (Fsp3) is 0.300. The first-order valence-electron chi connectivity index (χ1n) is 4.32. The maximum atomic E-state index is 11.3. The molecule has 14 heavy (non-hydrogen) atoms. The third kappa shape index (κ3) is 3.55. The van der Waals surface area contributed by atoms with Crippen molar-refractivity contribution in [1.29, 1.82) is 0 Å². The third-order valence-electron chi connectivity index (χ3n) is 1.58. The molecule has 0 saturated heterocycles. The molecule has 0 aliphatic carbocycles. The lowest BCUT2D eigenvalue weighted by Gasteiger charge is -2.04. The van der Waals surface area contributed by atoms with Crippen molar-refractivity contribution in [3.05, 3.63) is 35.9 Å². The quantitative estimate of drug-likeness (QED) is 0.562. The number of carbonyl (C=O) groups is 1. The predicted molar refractivity (Wildman–Crippen MR) is 51.7 cm³/mol. The topological polar surface area (TPSA) is 47.6 Å². The lowest BCUT2D eigenvalue weighted by atomic mass is 10.2. The van der Waals surface area contributed by atoms with Crippen LogP contribution in [0.1, 0.15) is 10.4 Å². The van der Waals surface area contributed by atoms with Gasteiger partial charge in [-0.1, -0.05) is 18.2 Å². The summed E-state index contributed by atoms with van der Waals surface area (Å²) in [5.74, 6) is -0.387. The lowest BCUT2D eigenvalue weighted by Crippen LogP contribution is -2.23. The molecule has 0 amide bonds. The molecule has 0 aromatic heterocycles. The standard InChI is InChI=1S/C10H13NO3/c1-13-8-7-11-14-10(12)9-5-3-2-4-6-9/h2-6,11H,7-8H2,1H3. The van der Waals surface area contributed by atoms with Crippen molar-refractivity contribution >= 4 is 5.97 Å². The van der Waals surface area contributed by atoms with Gasteiger partial charge in [0.25, 0.3) is 0 Å². The second-order valence-electron chi connectivity index (χ2n) is 2.64. The molecule has 0 spiro atoms. The molecular formula is C10H13NO3. The Morgan fingerprint density at radius 3 is 2.71 bits per heavy atom. The van der Waals surface area contributed by atoms with Gasteiger partial charge >= 0.3 is 5.97 Å². The second kappa shape index (κ2) is 6.12. The number of rotatable bonds is 5. The number of hydroxylamine groups is 1. The molecular weight excluding hydrogens is 182 g/mol. The van der Waals surface area contributed by atoms with E-state index in [2.05, 4.69) is 5.48 Å². The molecule has 4 nitrogen and oxygen atoms in total. The molecule has 0 bridgehead atoms. The molecule has 0 atom stereocenters. The maximum absolute atomic E-state index is 11.3. The van der Waals surface area contributed by atoms with Crippen molar-refractivity contribution in [2.24, 2.45) is 0 Å². The Morgan fingerprint density at radius 1 is 1.36 bits per heavy atom. The van der Waals surface area contributed by atoms with E-state index in [1.807, 2.05) is 6.07 Å². The van der Waals surface area contributed by atoms with Crippen molar-refractivity contribution in [1.82, 2.24) is 5.48 Å². The van der Waals surface area contributed by atoms with Crippen molar-refractivity contribution in [3.63, 3.8) is 0 Å². The minimum absolute atomic E-state index is 0.387. The zero-order valence-electron chi connectivity index (χ0n) is 8.03. The fourth-order valence-electron chi connectivity index (χ4n) is 0.893. The summed E-state index contributed by atoms with van der Waals surface area (Å²) in [7, 11) is 1.58. The van der Waals surface area contributed by atoms with E-state index in [0.29, 0.717) is 18.7 Å². The Bertz CT molecular complexity index is 274. The number of methoxy groups -OCH3 is 1. The summed E-state index contributed by atoms with van der Waals surface area (Å²) in [6.45, 7) is 0.983. The zero-order valence-corrected chi connectivity index (χ0v) is 8.03. The van der Waals surface area contributed by atoms with Crippen molar-refractivity contribution < 1.29 is 14.4 Å². The van der Waals surface area contributed by atoms with Gasteiger partial charge in [-0.2, -0.15) is 5.48 Å². The predicted octanol–water partition coefficient (Wildman–Crippen LogP) is 0.994. The van der Waals surface area contributed by atoms with E-state index < -0.39 is 0 Å². The minimum Gasteiger partial charge on any atom is -0.383 e. The van der Waals surface area contributed by atoms with Crippen LogP contribution in [0, 0.1) is 0 Å². The highest BCUT2D eigenvalue weighted by Gasteiger charge is 2.04. The summed E-state index contributed by atoms with van der Waals surface area (Å²) in [5, 5.41) is 0. The van der Waals surface area contributed by atoms with Crippen LogP contribution in [-0.4, -0.2) is 26.2 Å². The molecule has 1 N–H and O–H groups in total. The molecule has 4 heteroatoms. The molecule has 0 radical (unpaired) electrons. The lowest BCUT2D eigenvalue weighted by molar-refractivity contribution is 0.0203. The summed E-state index contributed by atoms with van der Waals surface area (Å²) >= 11 is 0. The van der Waals surface area contributed by atoms with Crippen molar-refractivity contribution in [2.75, 3.05) is 20.3 Å². The van der Waals surface area contributed by atoms with Crippen LogP contribution in [-0.2, 0) is 9.57 Å². The first kappa shape index (κ1) is 10.7. The Hall–Kier alpha value is -1.39. The number of ether oxygens (including phenoxy) is 1. The monoisotopic (exact) mass is 195 g/mol. The normalized spacial score (nSPS) is 9.79. The van der Waals surface area contributed by atoms with Gasteiger partial charge in [0, 0.05) is 7.11 Å². The SMILES string of the molecule is COCCNOC(=O)c1ccccc1. The van der Waals surface area contributed by atoms with Gasteiger partial charge in [0.2, 0.25) is 0 Å². The molecule has 76 valence electrons. The van der Waals surface area contributed by atoms with Crippen LogP contribution >= 0.6 is 0 Å². The largest absolute Gasteiger partial charge is 0.383 e. The smallest absolute Gasteiger partial charge is 0.356 e. The van der Waals surface area contributed by atoms with E-state index >= 15 is 0 Å². The highest BCUT2D eigenvalue weighted by molar-refractivity contribution is 5.89. The van der Waals surface area contributed by atoms with Gasteiger partial charge in [0.05, 0.1) is 18.7 Å². The van der Waals surface area contributed by atoms with E-state index in [1.165, 1.54) is 0 Å². The molecule has 0 aliphatic heterocycles. The molecule has 0 fully saturated rings. The van der Waals surface area contributed by atoms with Gasteiger partial charge in [0.1, 0.15) is 0 Å². The van der Waals surface area contributed by atoms with Crippen LogP contribution in [0.3, 0.4) is 0 Å². The van der Waals surface area contributed by atoms with Gasteiger partial charge in [-0.15, -0.1) is 0 Å². The van der Waals surface area contributed by atoms with Gasteiger partial charge in [-0.25, -0.2) is 4.79 Å². The average molecular weight is 195 g/mol. The minimum atomic E-state index is -0.387. The first-order valence-corrected chi connectivity index (χ1v) is 4.32. The van der Waals surface area contributed by atoms with Gasteiger partial charge in [-0.05, 0) is 12.1 Å². The summed E-state index contributed by atoms with van der Waals surface area (Å²) < 4.78 is 4.78. The van der Waals surface area contributed by atoms with Crippen LogP contribution in [0.4, 0.5) is 0 Å². The summed E-state index contributed by atoms with van der Waals surface area (Å²) in [6.07, 6.45) is 0. The van der Waals surface area contributed by atoms with E-state index in [4.69, 9.17) is 9.57 Å². The van der Waals surface area contributed by atoms with Crippen LogP contribution in [0.2, 0.25) is 0 Å². The zero-order chi connectivity index (χ0) is 10.2. The molecule has 0 heterocycles. The number of nitrogens with one attached hydrogen (secondary N) is 1. The summed E-state index contributed by atoms with van der Waals surface area (Å²) in [6, 6.07) is 8.80. The molecule has 0 aliphatic rings. The Labute approximate surface area is 82.8 Å². The number of carbonyl (C=O) groups excluding carboxylic acids is 1. The third-order valence-corrected chi connectivity index (χ3v) is 1.58. The number of benzene rings is 1. The molecule has 0 unspecified atom stereocenters. The first-order chi connectivity index (χ1) is 6.84. The van der Waals surface area contributed by atoms with Crippen LogP contribution in [0.5, 0.6) is 0 Å². The van der Waals surface area contributed by atoms with Gasteiger partial charge in [0.15, 0.2) is 0 Å². The van der Waals surface area contributed by atoms with Crippen LogP contribution in [0.25, 0.3) is 0 Å². The average Bonchev–Trinajstić information content (AvgIpc) is 2.25. The second-order valence-corrected chi connectivity index (χ2v) is 2.64. The molecule has 1 aromatic rings. The maximum Gasteiger partial charge on any atom is 0.356 e. The van der Waals surface area contributed by atoms with Crippen LogP contribution < -0.4 is 5.48 Å². The Kier molecular flexibility index (Phi) is 4.68. The van der Waals surface area contributed by atoms with E-state index in [0.717, 1.165) is 0 Å². The van der Waals surface area contributed by atoms with Crippen molar-refractivity contribution in [2.45, 2.75) is 0 Å². The summed E-state index contributed by atoms with van der Waals surface area (Å²) in [4.78, 5) is 16.0. The Morgan fingerprint density at radius 2 is 2.07 bits per heavy atom. The Balaban J connectivity index is 2.29. The van der Waals surface area contributed by atoms with Crippen LogP contribution in [0.15, 0.2) is 30.3 Å². The highest BCUT2D eigenvalue weighted by Crippen LogP contribution is 1.99. The summed E-state index contributed by atoms with van der Waals surface area (Å²) in [5.41, 5.74) is 3.04. The van der Waals surface area contributed by atoms with Gasteiger partial charge in [-0.3, -0.25) is 0 Å². The number of hydrogen-bond donors (Lipinski definition) is 1. The fourth-order valence-corrected chi connectivity index (χ4v) is 0.893. The van der Waals surface area contributed by atoms with Gasteiger partial charge < -0.3 is 9.57 Å². The molecule has 1 rings (SSSR count). The molecule has 0 saturated carbocycles. The van der Waals surface area contributed by atoms with E-state index in [1.54, 1.807) is 31.4 Å². The van der Waals surface area contributed by atoms with E-state index in [9.17, 15) is 4.79 Å². The number of hydrogen-bond acceptors (Lipinski definition) is 4.